The van der Waals surface area contributed by atoms with E-state index < -0.39 is 10.0 Å². The molecule has 27 heavy (non-hydrogen) atoms. The SMILES string of the molecule is CC(C)Oc1cccc(CNC(=O)CN(Cc2ccccc2)S(C)(=O)=O)c1. The normalized spacial score (nSPS) is 11.6. The largest absolute Gasteiger partial charge is 0.491 e. The van der Waals surface area contributed by atoms with Crippen LogP contribution in [0.5, 0.6) is 5.75 Å². The zero-order valence-corrected chi connectivity index (χ0v) is 16.7. The van der Waals surface area contributed by atoms with Crippen molar-refractivity contribution in [2.75, 3.05) is 12.8 Å². The molecule has 1 amide bonds. The Morgan fingerprint density at radius 3 is 2.37 bits per heavy atom. The molecule has 0 radical (unpaired) electrons. The molecule has 6 nitrogen and oxygen atoms in total. The van der Waals surface area contributed by atoms with Gasteiger partial charge in [-0.15, -0.1) is 0 Å². The van der Waals surface area contributed by atoms with Crippen molar-refractivity contribution in [3.05, 3.63) is 65.7 Å². The monoisotopic (exact) mass is 390 g/mol. The van der Waals surface area contributed by atoms with Gasteiger partial charge in [0.1, 0.15) is 5.75 Å². The van der Waals surface area contributed by atoms with E-state index in [1.54, 1.807) is 0 Å². The Hall–Kier alpha value is -2.38. The summed E-state index contributed by atoms with van der Waals surface area (Å²) in [4.78, 5) is 12.3. The number of rotatable bonds is 9. The van der Waals surface area contributed by atoms with Gasteiger partial charge in [-0.2, -0.15) is 4.31 Å². The third kappa shape index (κ3) is 7.40. The summed E-state index contributed by atoms with van der Waals surface area (Å²) in [6, 6.07) is 16.6. The fraction of sp³-hybridized carbons (Fsp3) is 0.350. The van der Waals surface area contributed by atoms with Crippen LogP contribution in [0, 0.1) is 0 Å². The second-order valence-electron chi connectivity index (χ2n) is 6.61. The average molecular weight is 391 g/mol. The van der Waals surface area contributed by atoms with Gasteiger partial charge in [0.15, 0.2) is 0 Å². The summed E-state index contributed by atoms with van der Waals surface area (Å²) in [5.74, 6) is 0.380. The molecule has 0 unspecified atom stereocenters. The topological polar surface area (TPSA) is 75.7 Å². The molecule has 0 heterocycles. The predicted molar refractivity (Wildman–Crippen MR) is 106 cm³/mol. The van der Waals surface area contributed by atoms with Gasteiger partial charge in [-0.3, -0.25) is 4.79 Å². The maximum atomic E-state index is 12.3. The second kappa shape index (κ2) is 9.53. The van der Waals surface area contributed by atoms with E-state index in [1.165, 1.54) is 0 Å². The molecule has 7 heteroatoms. The summed E-state index contributed by atoms with van der Waals surface area (Å²) in [5.41, 5.74) is 1.71. The van der Waals surface area contributed by atoms with Gasteiger partial charge in [0.2, 0.25) is 15.9 Å². The number of ether oxygens (including phenoxy) is 1. The van der Waals surface area contributed by atoms with Gasteiger partial charge in [-0.25, -0.2) is 8.42 Å². The minimum absolute atomic E-state index is 0.0659. The molecule has 0 saturated heterocycles. The maximum absolute atomic E-state index is 12.3. The van der Waals surface area contributed by atoms with E-state index in [9.17, 15) is 13.2 Å². The van der Waals surface area contributed by atoms with E-state index in [1.807, 2.05) is 68.4 Å². The minimum atomic E-state index is -3.51. The number of hydrogen-bond donors (Lipinski definition) is 1. The lowest BCUT2D eigenvalue weighted by atomic mass is 10.2. The van der Waals surface area contributed by atoms with Gasteiger partial charge >= 0.3 is 0 Å². The van der Waals surface area contributed by atoms with E-state index in [-0.39, 0.29) is 25.1 Å². The lowest BCUT2D eigenvalue weighted by molar-refractivity contribution is -0.121. The molecule has 1 N–H and O–H groups in total. The van der Waals surface area contributed by atoms with Crippen LogP contribution in [0.4, 0.5) is 0 Å². The zero-order valence-electron chi connectivity index (χ0n) is 15.9. The first kappa shape index (κ1) is 20.9. The Morgan fingerprint density at radius 2 is 1.74 bits per heavy atom. The lowest BCUT2D eigenvalue weighted by Crippen LogP contribution is -2.39. The molecule has 0 bridgehead atoms. The number of hydrogen-bond acceptors (Lipinski definition) is 4. The van der Waals surface area contributed by atoms with Crippen molar-refractivity contribution in [3.8, 4) is 5.75 Å². The molecule has 0 saturated carbocycles. The second-order valence-corrected chi connectivity index (χ2v) is 8.59. The number of nitrogens with zero attached hydrogens (tertiary/aromatic N) is 1. The van der Waals surface area contributed by atoms with E-state index in [4.69, 9.17) is 4.74 Å². The number of sulfonamides is 1. The quantitative estimate of drug-likeness (QED) is 0.714. The number of carbonyl (C=O) groups is 1. The van der Waals surface area contributed by atoms with Crippen LogP contribution in [-0.4, -0.2) is 37.5 Å². The van der Waals surface area contributed by atoms with Crippen molar-refractivity contribution in [3.63, 3.8) is 0 Å². The van der Waals surface area contributed by atoms with Crippen LogP contribution in [0.15, 0.2) is 54.6 Å². The number of carbonyl (C=O) groups excluding carboxylic acids is 1. The summed E-state index contributed by atoms with van der Waals surface area (Å²) in [6.07, 6.45) is 1.17. The van der Waals surface area contributed by atoms with E-state index in [0.29, 0.717) is 6.54 Å². The molecule has 0 atom stereocenters. The number of nitrogens with one attached hydrogen (secondary N) is 1. The molecule has 0 spiro atoms. The fourth-order valence-electron chi connectivity index (χ4n) is 2.50. The Balaban J connectivity index is 1.96. The van der Waals surface area contributed by atoms with Crippen LogP contribution in [0.3, 0.4) is 0 Å². The average Bonchev–Trinajstić information content (AvgIpc) is 2.59. The van der Waals surface area contributed by atoms with Gasteiger partial charge in [-0.05, 0) is 37.1 Å². The summed E-state index contributed by atoms with van der Waals surface area (Å²) >= 11 is 0. The first-order valence-corrected chi connectivity index (χ1v) is 10.6. The van der Waals surface area contributed by atoms with E-state index in [0.717, 1.165) is 27.4 Å². The summed E-state index contributed by atoms with van der Waals surface area (Å²) in [6.45, 7) is 4.12. The number of benzene rings is 2. The van der Waals surface area contributed by atoms with Gasteiger partial charge < -0.3 is 10.1 Å². The fourth-order valence-corrected chi connectivity index (χ4v) is 3.23. The van der Waals surface area contributed by atoms with Gasteiger partial charge in [0.25, 0.3) is 0 Å². The maximum Gasteiger partial charge on any atom is 0.235 e. The standard InChI is InChI=1S/C20H26N2O4S/c1-16(2)26-19-11-7-10-18(12-19)13-21-20(23)15-22(27(3,24)25)14-17-8-5-4-6-9-17/h4-12,16H,13-15H2,1-3H3,(H,21,23). The van der Waals surface area contributed by atoms with Gasteiger partial charge in [0.05, 0.1) is 18.9 Å². The zero-order chi connectivity index (χ0) is 19.9. The lowest BCUT2D eigenvalue weighted by Gasteiger charge is -2.19. The molecule has 0 aliphatic rings. The van der Waals surface area contributed by atoms with E-state index in [2.05, 4.69) is 5.32 Å². The Morgan fingerprint density at radius 1 is 1.07 bits per heavy atom. The third-order valence-corrected chi connectivity index (χ3v) is 4.95. The summed E-state index contributed by atoms with van der Waals surface area (Å²) < 4.78 is 30.8. The van der Waals surface area contributed by atoms with Crippen molar-refractivity contribution >= 4 is 15.9 Å². The Labute approximate surface area is 161 Å². The molecular weight excluding hydrogens is 364 g/mol. The third-order valence-electron chi connectivity index (χ3n) is 3.75. The first-order valence-electron chi connectivity index (χ1n) is 8.75. The smallest absolute Gasteiger partial charge is 0.235 e. The van der Waals surface area contributed by atoms with Crippen LogP contribution in [-0.2, 0) is 27.9 Å². The van der Waals surface area contributed by atoms with Crippen LogP contribution >= 0.6 is 0 Å². The minimum Gasteiger partial charge on any atom is -0.491 e. The van der Waals surface area contributed by atoms with Crippen molar-refractivity contribution in [2.24, 2.45) is 0 Å². The van der Waals surface area contributed by atoms with Crippen LogP contribution < -0.4 is 10.1 Å². The summed E-state index contributed by atoms with van der Waals surface area (Å²) in [5, 5.41) is 2.77. The van der Waals surface area contributed by atoms with E-state index >= 15 is 0 Å². The molecule has 0 aromatic heterocycles. The molecule has 146 valence electrons. The van der Waals surface area contributed by atoms with Crippen LogP contribution in [0.1, 0.15) is 25.0 Å². The molecule has 0 fully saturated rings. The molecule has 0 aliphatic heterocycles. The van der Waals surface area contributed by atoms with Crippen LogP contribution in [0.2, 0.25) is 0 Å². The summed E-state index contributed by atoms with van der Waals surface area (Å²) in [7, 11) is -3.51. The van der Waals surface area contributed by atoms with Crippen molar-refractivity contribution in [1.82, 2.24) is 9.62 Å². The highest BCUT2D eigenvalue weighted by atomic mass is 32.2. The Bertz CT molecular complexity index is 851. The van der Waals surface area contributed by atoms with Gasteiger partial charge in [-0.1, -0.05) is 42.5 Å². The molecular formula is C20H26N2O4S. The van der Waals surface area contributed by atoms with Crippen molar-refractivity contribution < 1.29 is 17.9 Å². The molecule has 2 aromatic rings. The van der Waals surface area contributed by atoms with Gasteiger partial charge in [0, 0.05) is 13.1 Å². The van der Waals surface area contributed by atoms with Crippen molar-refractivity contribution in [2.45, 2.75) is 33.0 Å². The molecule has 2 aromatic carbocycles. The number of amides is 1. The highest BCUT2D eigenvalue weighted by Crippen LogP contribution is 2.15. The Kier molecular flexibility index (Phi) is 7.38. The van der Waals surface area contributed by atoms with Crippen molar-refractivity contribution in [1.29, 1.82) is 0 Å². The molecule has 2 rings (SSSR count). The first-order chi connectivity index (χ1) is 12.7. The highest BCUT2D eigenvalue weighted by molar-refractivity contribution is 7.88. The van der Waals surface area contributed by atoms with Crippen LogP contribution in [0.25, 0.3) is 0 Å². The predicted octanol–water partition coefficient (Wildman–Crippen LogP) is 2.55. The highest BCUT2D eigenvalue weighted by Gasteiger charge is 2.20. The molecule has 0 aliphatic carbocycles.